The molecule has 0 spiro atoms. The molecule has 0 saturated heterocycles. The number of para-hydroxylation sites is 1. The molecule has 2 aromatic rings. The van der Waals surface area contributed by atoms with E-state index in [4.69, 9.17) is 4.74 Å². The van der Waals surface area contributed by atoms with E-state index >= 15 is 0 Å². The van der Waals surface area contributed by atoms with Crippen molar-refractivity contribution in [3.63, 3.8) is 0 Å². The molecule has 0 atom stereocenters. The quantitative estimate of drug-likeness (QED) is 0.806. The van der Waals surface area contributed by atoms with Crippen LogP contribution in [-0.4, -0.2) is 30.0 Å². The molecule has 138 valence electrons. The first-order valence-corrected chi connectivity index (χ1v) is 9.15. The predicted octanol–water partition coefficient (Wildman–Crippen LogP) is 2.63. The van der Waals surface area contributed by atoms with E-state index in [0.29, 0.717) is 30.1 Å². The zero-order valence-corrected chi connectivity index (χ0v) is 14.9. The number of aromatic nitrogens is 1. The van der Waals surface area contributed by atoms with Crippen LogP contribution in [0.15, 0.2) is 35.1 Å². The Balaban J connectivity index is 1.59. The molecule has 1 aromatic heterocycles. The van der Waals surface area contributed by atoms with Crippen molar-refractivity contribution < 1.29 is 14.3 Å². The monoisotopic (exact) mass is 356 g/mol. The molecule has 0 aliphatic heterocycles. The highest BCUT2D eigenvalue weighted by Gasteiger charge is 2.27. The summed E-state index contributed by atoms with van der Waals surface area (Å²) in [5.74, 6) is -0.0128. The summed E-state index contributed by atoms with van der Waals surface area (Å²) >= 11 is 0. The van der Waals surface area contributed by atoms with Crippen LogP contribution in [0.2, 0.25) is 0 Å². The second kappa shape index (κ2) is 8.17. The third kappa shape index (κ3) is 4.12. The van der Waals surface area contributed by atoms with Crippen LogP contribution < -0.4 is 10.9 Å². The number of H-pyrrole nitrogens is 1. The Morgan fingerprint density at radius 3 is 2.65 bits per heavy atom. The molecule has 0 unspecified atom stereocenters. The summed E-state index contributed by atoms with van der Waals surface area (Å²) in [6.45, 7) is 2.78. The molecule has 6 nitrogen and oxygen atoms in total. The first-order valence-electron chi connectivity index (χ1n) is 9.15. The fourth-order valence-electron chi connectivity index (χ4n) is 3.59. The van der Waals surface area contributed by atoms with Crippen molar-refractivity contribution in [2.24, 2.45) is 11.8 Å². The van der Waals surface area contributed by atoms with Gasteiger partial charge in [0.1, 0.15) is 0 Å². The normalized spacial score (nSPS) is 19.9. The Morgan fingerprint density at radius 1 is 1.19 bits per heavy atom. The lowest BCUT2D eigenvalue weighted by atomic mass is 9.82. The van der Waals surface area contributed by atoms with Crippen LogP contribution in [-0.2, 0) is 9.53 Å². The Labute approximate surface area is 151 Å². The van der Waals surface area contributed by atoms with Crippen molar-refractivity contribution in [3.8, 4) is 0 Å². The summed E-state index contributed by atoms with van der Waals surface area (Å²) in [4.78, 5) is 38.9. The first-order chi connectivity index (χ1) is 12.6. The SMILES string of the molecule is CCOC(=O)C1CCC(CNC(=O)c2cc(=O)[nH]c3ccccc23)CC1. The van der Waals surface area contributed by atoms with Crippen molar-refractivity contribution in [1.82, 2.24) is 10.3 Å². The largest absolute Gasteiger partial charge is 0.466 e. The van der Waals surface area contributed by atoms with E-state index in [1.807, 2.05) is 25.1 Å². The number of nitrogens with one attached hydrogen (secondary N) is 2. The topological polar surface area (TPSA) is 88.3 Å². The molecule has 1 fully saturated rings. The summed E-state index contributed by atoms with van der Waals surface area (Å²) in [7, 11) is 0. The zero-order valence-electron chi connectivity index (χ0n) is 14.9. The van der Waals surface area contributed by atoms with E-state index < -0.39 is 0 Å². The Morgan fingerprint density at radius 2 is 1.92 bits per heavy atom. The predicted molar refractivity (Wildman–Crippen MR) is 99.0 cm³/mol. The molecule has 1 amide bonds. The first kappa shape index (κ1) is 18.2. The molecule has 0 radical (unpaired) electrons. The minimum absolute atomic E-state index is 0.0153. The van der Waals surface area contributed by atoms with Crippen LogP contribution in [0.1, 0.15) is 43.0 Å². The number of hydrogen-bond acceptors (Lipinski definition) is 4. The molecule has 2 N–H and O–H groups in total. The van der Waals surface area contributed by atoms with Gasteiger partial charge >= 0.3 is 5.97 Å². The van der Waals surface area contributed by atoms with E-state index in [0.717, 1.165) is 31.1 Å². The van der Waals surface area contributed by atoms with Crippen molar-refractivity contribution in [2.75, 3.05) is 13.2 Å². The second-order valence-electron chi connectivity index (χ2n) is 6.77. The van der Waals surface area contributed by atoms with Crippen LogP contribution in [0.4, 0.5) is 0 Å². The molecule has 1 saturated carbocycles. The van der Waals surface area contributed by atoms with Crippen molar-refractivity contribution in [3.05, 3.63) is 46.2 Å². The van der Waals surface area contributed by atoms with E-state index in [1.54, 1.807) is 6.07 Å². The van der Waals surface area contributed by atoms with Gasteiger partial charge in [0.15, 0.2) is 0 Å². The third-order valence-corrected chi connectivity index (χ3v) is 5.01. The Bertz CT molecular complexity index is 850. The average molecular weight is 356 g/mol. The van der Waals surface area contributed by atoms with Crippen molar-refractivity contribution in [1.29, 1.82) is 0 Å². The Hall–Kier alpha value is -2.63. The standard InChI is InChI=1S/C20H24N2O4/c1-2-26-20(25)14-9-7-13(8-10-14)12-21-19(24)16-11-18(23)22-17-6-4-3-5-15(16)17/h3-6,11,13-14H,2,7-10,12H2,1H3,(H,21,24)(H,22,23). The van der Waals surface area contributed by atoms with Crippen molar-refractivity contribution >= 4 is 22.8 Å². The molecule has 0 bridgehead atoms. The third-order valence-electron chi connectivity index (χ3n) is 5.01. The van der Waals surface area contributed by atoms with Crippen molar-refractivity contribution in [2.45, 2.75) is 32.6 Å². The molecule has 26 heavy (non-hydrogen) atoms. The number of amides is 1. The number of carbonyl (C=O) groups is 2. The van der Waals surface area contributed by atoms with Gasteiger partial charge in [0, 0.05) is 23.5 Å². The van der Waals surface area contributed by atoms with Gasteiger partial charge < -0.3 is 15.0 Å². The maximum atomic E-state index is 12.6. The highest BCUT2D eigenvalue weighted by atomic mass is 16.5. The van der Waals surface area contributed by atoms with Gasteiger partial charge in [0.2, 0.25) is 5.56 Å². The number of benzene rings is 1. The smallest absolute Gasteiger partial charge is 0.308 e. The summed E-state index contributed by atoms with van der Waals surface area (Å²) < 4.78 is 5.08. The Kier molecular flexibility index (Phi) is 5.71. The highest BCUT2D eigenvalue weighted by Crippen LogP contribution is 2.29. The number of pyridine rings is 1. The summed E-state index contributed by atoms with van der Waals surface area (Å²) in [6.07, 6.45) is 3.38. The van der Waals surface area contributed by atoms with Crippen LogP contribution in [0.5, 0.6) is 0 Å². The van der Waals surface area contributed by atoms with Gasteiger partial charge in [-0.05, 0) is 44.6 Å². The molecular weight excluding hydrogens is 332 g/mol. The van der Waals surface area contributed by atoms with Gasteiger partial charge in [0.25, 0.3) is 5.91 Å². The number of fused-ring (bicyclic) bond motifs is 1. The fourth-order valence-corrected chi connectivity index (χ4v) is 3.59. The molecule has 6 heteroatoms. The van der Waals surface area contributed by atoms with E-state index in [2.05, 4.69) is 10.3 Å². The van der Waals surface area contributed by atoms with E-state index in [9.17, 15) is 14.4 Å². The average Bonchev–Trinajstić information content (AvgIpc) is 2.66. The van der Waals surface area contributed by atoms with Crippen LogP contribution in [0.3, 0.4) is 0 Å². The molecular formula is C20H24N2O4. The zero-order chi connectivity index (χ0) is 18.5. The van der Waals surface area contributed by atoms with E-state index in [-0.39, 0.29) is 23.4 Å². The lowest BCUT2D eigenvalue weighted by Crippen LogP contribution is -2.33. The number of esters is 1. The summed E-state index contributed by atoms with van der Waals surface area (Å²) in [6, 6.07) is 8.61. The molecule has 1 aliphatic rings. The van der Waals surface area contributed by atoms with E-state index in [1.165, 1.54) is 6.07 Å². The molecule has 1 aromatic carbocycles. The highest BCUT2D eigenvalue weighted by molar-refractivity contribution is 6.05. The van der Waals surface area contributed by atoms with Crippen LogP contribution >= 0.6 is 0 Å². The van der Waals surface area contributed by atoms with Crippen LogP contribution in [0, 0.1) is 11.8 Å². The maximum absolute atomic E-state index is 12.6. The minimum atomic E-state index is -0.288. The lowest BCUT2D eigenvalue weighted by Gasteiger charge is -2.27. The van der Waals surface area contributed by atoms with Gasteiger partial charge in [-0.15, -0.1) is 0 Å². The van der Waals surface area contributed by atoms with Gasteiger partial charge in [-0.2, -0.15) is 0 Å². The number of hydrogen-bond donors (Lipinski definition) is 2. The summed E-state index contributed by atoms with van der Waals surface area (Å²) in [5.41, 5.74) is 0.758. The second-order valence-corrected chi connectivity index (χ2v) is 6.77. The number of aromatic amines is 1. The van der Waals surface area contributed by atoms with Gasteiger partial charge in [-0.3, -0.25) is 14.4 Å². The summed E-state index contributed by atoms with van der Waals surface area (Å²) in [5, 5.41) is 3.68. The fraction of sp³-hybridized carbons (Fsp3) is 0.450. The molecule has 3 rings (SSSR count). The lowest BCUT2D eigenvalue weighted by molar-refractivity contribution is -0.149. The number of ether oxygens (including phenoxy) is 1. The van der Waals surface area contributed by atoms with Gasteiger partial charge in [-0.1, -0.05) is 18.2 Å². The van der Waals surface area contributed by atoms with Gasteiger partial charge in [0.05, 0.1) is 18.1 Å². The molecule has 1 heterocycles. The maximum Gasteiger partial charge on any atom is 0.308 e. The van der Waals surface area contributed by atoms with Gasteiger partial charge in [-0.25, -0.2) is 0 Å². The minimum Gasteiger partial charge on any atom is -0.466 e. The van der Waals surface area contributed by atoms with Crippen LogP contribution in [0.25, 0.3) is 10.9 Å². The number of rotatable bonds is 5. The molecule has 1 aliphatic carbocycles. The number of carbonyl (C=O) groups excluding carboxylic acids is 2.